The Hall–Kier alpha value is -0.990. The van der Waals surface area contributed by atoms with E-state index in [1.807, 2.05) is 13.1 Å². The maximum absolute atomic E-state index is 12.8. The highest BCUT2D eigenvalue weighted by molar-refractivity contribution is 7.89. The van der Waals surface area contributed by atoms with E-state index in [-0.39, 0.29) is 12.1 Å². The number of ether oxygens (including phenoxy) is 2. The normalized spacial score (nSPS) is 22.8. The first-order valence-corrected chi connectivity index (χ1v) is 9.09. The first-order valence-electron chi connectivity index (χ1n) is 7.65. The summed E-state index contributed by atoms with van der Waals surface area (Å²) >= 11 is 0. The zero-order chi connectivity index (χ0) is 17.0. The van der Waals surface area contributed by atoms with E-state index < -0.39 is 10.0 Å². The highest BCUT2D eigenvalue weighted by Crippen LogP contribution is 2.22. The summed E-state index contributed by atoms with van der Waals surface area (Å²) in [7, 11) is 3.42. The van der Waals surface area contributed by atoms with Gasteiger partial charge in [-0.1, -0.05) is 12.1 Å². The summed E-state index contributed by atoms with van der Waals surface area (Å²) in [5, 5.41) is 0. The van der Waals surface area contributed by atoms with Gasteiger partial charge in [0.1, 0.15) is 0 Å². The molecule has 0 N–H and O–H groups in total. The van der Waals surface area contributed by atoms with E-state index in [0.29, 0.717) is 18.0 Å². The number of benzene rings is 1. The molecule has 2 atom stereocenters. The Morgan fingerprint density at radius 3 is 2.70 bits per heavy atom. The minimum absolute atomic E-state index is 0.168. The number of rotatable bonds is 7. The van der Waals surface area contributed by atoms with Crippen molar-refractivity contribution in [3.63, 3.8) is 0 Å². The van der Waals surface area contributed by atoms with Gasteiger partial charge < -0.3 is 9.47 Å². The summed E-state index contributed by atoms with van der Waals surface area (Å²) in [4.78, 5) is 2.46. The second kappa shape index (κ2) is 7.72. The molecule has 0 saturated carbocycles. The Bertz CT molecular complexity index is 620. The summed E-state index contributed by atoms with van der Waals surface area (Å²) in [5.74, 6) is 0. The minimum Gasteiger partial charge on any atom is -0.380 e. The van der Waals surface area contributed by atoms with Crippen LogP contribution in [0, 0.1) is 0 Å². The molecule has 0 unspecified atom stereocenters. The van der Waals surface area contributed by atoms with Crippen molar-refractivity contribution in [2.75, 3.05) is 41.4 Å². The SMILES string of the molecule is COCc1cccc(S(=O)(=O)N(C)C[C@@H]2C[C@H](OC)CN2C)c1. The maximum atomic E-state index is 12.8. The van der Waals surface area contributed by atoms with E-state index in [4.69, 9.17) is 9.47 Å². The van der Waals surface area contributed by atoms with Crippen molar-refractivity contribution in [2.45, 2.75) is 30.1 Å². The van der Waals surface area contributed by atoms with Crippen molar-refractivity contribution in [3.05, 3.63) is 29.8 Å². The fraction of sp³-hybridized carbons (Fsp3) is 0.625. The lowest BCUT2D eigenvalue weighted by atomic mass is 10.2. The van der Waals surface area contributed by atoms with E-state index in [0.717, 1.165) is 18.5 Å². The molecule has 1 aliphatic rings. The minimum atomic E-state index is -3.50. The number of hydrogen-bond acceptors (Lipinski definition) is 5. The Morgan fingerprint density at radius 2 is 2.09 bits per heavy atom. The molecule has 6 nitrogen and oxygen atoms in total. The van der Waals surface area contributed by atoms with Crippen molar-refractivity contribution in [1.82, 2.24) is 9.21 Å². The molecular weight excluding hydrogens is 316 g/mol. The Labute approximate surface area is 139 Å². The van der Waals surface area contributed by atoms with Gasteiger partial charge in [0.15, 0.2) is 0 Å². The molecule has 1 heterocycles. The molecule has 23 heavy (non-hydrogen) atoms. The molecule has 0 spiro atoms. The Balaban J connectivity index is 2.11. The monoisotopic (exact) mass is 342 g/mol. The summed E-state index contributed by atoms with van der Waals surface area (Å²) in [6, 6.07) is 7.07. The predicted octanol–water partition coefficient (Wildman–Crippen LogP) is 1.17. The summed E-state index contributed by atoms with van der Waals surface area (Å²) in [6.45, 7) is 1.68. The molecule has 2 rings (SSSR count). The smallest absolute Gasteiger partial charge is 0.242 e. The molecule has 1 aromatic carbocycles. The highest BCUT2D eigenvalue weighted by Gasteiger charge is 2.33. The lowest BCUT2D eigenvalue weighted by Crippen LogP contribution is -2.39. The second-order valence-corrected chi connectivity index (χ2v) is 8.10. The van der Waals surface area contributed by atoms with Gasteiger partial charge in [0.05, 0.1) is 17.6 Å². The van der Waals surface area contributed by atoms with Gasteiger partial charge in [-0.15, -0.1) is 0 Å². The fourth-order valence-corrected chi connectivity index (χ4v) is 4.23. The molecular formula is C16H26N2O4S. The van der Waals surface area contributed by atoms with Crippen molar-refractivity contribution in [2.24, 2.45) is 0 Å². The number of likely N-dealkylation sites (tertiary alicyclic amines) is 1. The van der Waals surface area contributed by atoms with E-state index >= 15 is 0 Å². The molecule has 0 aliphatic carbocycles. The van der Waals surface area contributed by atoms with Gasteiger partial charge in [-0.25, -0.2) is 8.42 Å². The molecule has 0 aromatic heterocycles. The van der Waals surface area contributed by atoms with E-state index in [1.165, 1.54) is 4.31 Å². The van der Waals surface area contributed by atoms with E-state index in [2.05, 4.69) is 4.90 Å². The molecule has 1 saturated heterocycles. The van der Waals surface area contributed by atoms with Crippen LogP contribution < -0.4 is 0 Å². The lowest BCUT2D eigenvalue weighted by Gasteiger charge is -2.25. The molecule has 1 aromatic rings. The summed E-state index contributed by atoms with van der Waals surface area (Å²) in [5.41, 5.74) is 0.847. The van der Waals surface area contributed by atoms with Gasteiger partial charge >= 0.3 is 0 Å². The number of methoxy groups -OCH3 is 2. The molecule has 1 aliphatic heterocycles. The van der Waals surface area contributed by atoms with Crippen molar-refractivity contribution < 1.29 is 17.9 Å². The Morgan fingerprint density at radius 1 is 1.35 bits per heavy atom. The third-order valence-electron chi connectivity index (χ3n) is 4.37. The van der Waals surface area contributed by atoms with E-state index in [1.54, 1.807) is 39.5 Å². The van der Waals surface area contributed by atoms with Gasteiger partial charge in [-0.2, -0.15) is 4.31 Å². The average molecular weight is 342 g/mol. The zero-order valence-corrected chi connectivity index (χ0v) is 15.0. The fourth-order valence-electron chi connectivity index (χ4n) is 2.95. The molecule has 0 radical (unpaired) electrons. The van der Waals surface area contributed by atoms with Crippen molar-refractivity contribution >= 4 is 10.0 Å². The van der Waals surface area contributed by atoms with Gasteiger partial charge in [0.25, 0.3) is 0 Å². The van der Waals surface area contributed by atoms with Crippen LogP contribution in [0.2, 0.25) is 0 Å². The predicted molar refractivity (Wildman–Crippen MR) is 88.8 cm³/mol. The zero-order valence-electron chi connectivity index (χ0n) is 14.2. The third kappa shape index (κ3) is 4.30. The van der Waals surface area contributed by atoms with E-state index in [9.17, 15) is 8.42 Å². The first kappa shape index (κ1) is 18.4. The molecule has 1 fully saturated rings. The second-order valence-electron chi connectivity index (χ2n) is 6.05. The van der Waals surface area contributed by atoms with Gasteiger partial charge in [0.2, 0.25) is 10.0 Å². The topological polar surface area (TPSA) is 59.1 Å². The van der Waals surface area contributed by atoms with Crippen molar-refractivity contribution in [3.8, 4) is 0 Å². The van der Waals surface area contributed by atoms with Crippen LogP contribution >= 0.6 is 0 Å². The molecule has 7 heteroatoms. The quantitative estimate of drug-likeness (QED) is 0.744. The molecule has 130 valence electrons. The Kier molecular flexibility index (Phi) is 6.16. The first-order chi connectivity index (χ1) is 10.9. The molecule has 0 bridgehead atoms. The van der Waals surface area contributed by atoms with Crippen LogP contribution in [0.1, 0.15) is 12.0 Å². The van der Waals surface area contributed by atoms with Gasteiger partial charge in [0, 0.05) is 40.4 Å². The van der Waals surface area contributed by atoms with Crippen LogP contribution in [-0.2, 0) is 26.1 Å². The molecule has 0 amide bonds. The van der Waals surface area contributed by atoms with Gasteiger partial charge in [-0.3, -0.25) is 4.90 Å². The van der Waals surface area contributed by atoms with Crippen LogP contribution in [0.5, 0.6) is 0 Å². The largest absolute Gasteiger partial charge is 0.380 e. The van der Waals surface area contributed by atoms with Crippen molar-refractivity contribution in [1.29, 1.82) is 0 Å². The number of likely N-dealkylation sites (N-methyl/N-ethyl adjacent to an activating group) is 2. The third-order valence-corrected chi connectivity index (χ3v) is 6.19. The van der Waals surface area contributed by atoms with Gasteiger partial charge in [-0.05, 0) is 31.2 Å². The highest BCUT2D eigenvalue weighted by atomic mass is 32.2. The summed E-state index contributed by atoms with van der Waals surface area (Å²) in [6.07, 6.45) is 1.02. The van der Waals surface area contributed by atoms with Crippen LogP contribution in [0.3, 0.4) is 0 Å². The maximum Gasteiger partial charge on any atom is 0.242 e. The average Bonchev–Trinajstić information content (AvgIpc) is 2.88. The van der Waals surface area contributed by atoms with Crippen LogP contribution in [-0.4, -0.2) is 71.2 Å². The number of hydrogen-bond donors (Lipinski definition) is 0. The lowest BCUT2D eigenvalue weighted by molar-refractivity contribution is 0.111. The van der Waals surface area contributed by atoms with Crippen LogP contribution in [0.4, 0.5) is 0 Å². The van der Waals surface area contributed by atoms with Crippen LogP contribution in [0.25, 0.3) is 0 Å². The number of nitrogens with zero attached hydrogens (tertiary/aromatic N) is 2. The van der Waals surface area contributed by atoms with Crippen LogP contribution in [0.15, 0.2) is 29.2 Å². The summed E-state index contributed by atoms with van der Waals surface area (Å²) < 4.78 is 37.4. The standard InChI is InChI=1S/C16H26N2O4S/c1-17-11-15(22-4)9-14(17)10-18(2)23(19,20)16-7-5-6-13(8-16)12-21-3/h5-8,14-15H,9-12H2,1-4H3/t14-,15-/m0/s1. The number of sulfonamides is 1.